The summed E-state index contributed by atoms with van der Waals surface area (Å²) in [5, 5.41) is 34.3. The third kappa shape index (κ3) is 3.61. The Hall–Kier alpha value is -0.380. The molecule has 0 aromatic heterocycles. The van der Waals surface area contributed by atoms with E-state index in [4.69, 9.17) is 0 Å². The molecule has 4 fully saturated rings. The number of rotatable bonds is 4. The SMILES string of the molecule is CC(C)=CCCC(C)(O)C1CC[C@]2(C)C1C(O)CC1[C@@]3(C)CC[C@@H](O)C(C)(C)C3CC[C@]12C. The van der Waals surface area contributed by atoms with Crippen LogP contribution in [-0.4, -0.2) is 33.1 Å². The number of aliphatic hydroxyl groups is 3. The lowest BCUT2D eigenvalue weighted by Crippen LogP contribution is -2.66. The third-order valence-electron chi connectivity index (χ3n) is 12.4. The smallest absolute Gasteiger partial charge is 0.0654 e. The van der Waals surface area contributed by atoms with Gasteiger partial charge < -0.3 is 15.3 Å². The normalized spacial score (nSPS) is 50.5. The molecule has 3 nitrogen and oxygen atoms in total. The van der Waals surface area contributed by atoms with Gasteiger partial charge in [0.1, 0.15) is 0 Å². The summed E-state index contributed by atoms with van der Waals surface area (Å²) < 4.78 is 0. The van der Waals surface area contributed by atoms with Gasteiger partial charge in [-0.05, 0) is 124 Å². The van der Waals surface area contributed by atoms with Gasteiger partial charge in [0, 0.05) is 0 Å². The molecule has 4 aliphatic carbocycles. The summed E-state index contributed by atoms with van der Waals surface area (Å²) in [5.74, 6) is 1.31. The van der Waals surface area contributed by atoms with Crippen molar-refractivity contribution in [2.75, 3.05) is 0 Å². The zero-order chi connectivity index (χ0) is 24.6. The molecule has 0 saturated heterocycles. The van der Waals surface area contributed by atoms with Gasteiger partial charge in [0.05, 0.1) is 17.8 Å². The summed E-state index contributed by atoms with van der Waals surface area (Å²) in [6.45, 7) is 18.3. The van der Waals surface area contributed by atoms with Gasteiger partial charge in [-0.1, -0.05) is 46.3 Å². The summed E-state index contributed by atoms with van der Waals surface area (Å²) in [5.41, 5.74) is 0.885. The molecule has 6 unspecified atom stereocenters. The van der Waals surface area contributed by atoms with Crippen LogP contribution in [0.2, 0.25) is 0 Å². The fraction of sp³-hybridized carbons (Fsp3) is 0.933. The van der Waals surface area contributed by atoms with Gasteiger partial charge in [0.15, 0.2) is 0 Å². The van der Waals surface area contributed by atoms with Gasteiger partial charge in [-0.2, -0.15) is 0 Å². The molecule has 0 amide bonds. The van der Waals surface area contributed by atoms with E-state index in [0.29, 0.717) is 11.8 Å². The molecule has 0 radical (unpaired) electrons. The van der Waals surface area contributed by atoms with Crippen LogP contribution in [0.5, 0.6) is 0 Å². The van der Waals surface area contributed by atoms with Crippen LogP contribution in [0.1, 0.15) is 113 Å². The fourth-order valence-electron chi connectivity index (χ4n) is 10.3. The summed E-state index contributed by atoms with van der Waals surface area (Å²) in [6, 6.07) is 0. The predicted molar refractivity (Wildman–Crippen MR) is 136 cm³/mol. The average Bonchev–Trinajstić information content (AvgIpc) is 3.08. The molecular formula is C30H52O3. The highest BCUT2D eigenvalue weighted by Crippen LogP contribution is 2.75. The lowest BCUT2D eigenvalue weighted by Gasteiger charge is -2.70. The topological polar surface area (TPSA) is 60.7 Å². The first kappa shape index (κ1) is 25.7. The van der Waals surface area contributed by atoms with Crippen molar-refractivity contribution in [2.24, 2.45) is 45.3 Å². The van der Waals surface area contributed by atoms with Gasteiger partial charge in [0.25, 0.3) is 0 Å². The quantitative estimate of drug-likeness (QED) is 0.420. The fourth-order valence-corrected chi connectivity index (χ4v) is 10.3. The maximum Gasteiger partial charge on any atom is 0.0654 e. The first-order chi connectivity index (χ1) is 15.1. The van der Waals surface area contributed by atoms with Crippen LogP contribution in [0.3, 0.4) is 0 Å². The first-order valence-corrected chi connectivity index (χ1v) is 13.8. The van der Waals surface area contributed by atoms with E-state index in [1.54, 1.807) is 0 Å². The second kappa shape index (κ2) is 8.07. The van der Waals surface area contributed by atoms with E-state index >= 15 is 0 Å². The van der Waals surface area contributed by atoms with Crippen LogP contribution in [0.25, 0.3) is 0 Å². The first-order valence-electron chi connectivity index (χ1n) is 13.8. The second-order valence-corrected chi connectivity index (χ2v) is 14.5. The van der Waals surface area contributed by atoms with Crippen molar-refractivity contribution in [3.63, 3.8) is 0 Å². The van der Waals surface area contributed by atoms with Gasteiger partial charge in [0.2, 0.25) is 0 Å². The Labute approximate surface area is 203 Å². The number of aliphatic hydroxyl groups excluding tert-OH is 2. The van der Waals surface area contributed by atoms with Gasteiger partial charge >= 0.3 is 0 Å². The molecule has 190 valence electrons. The minimum atomic E-state index is -0.739. The molecule has 0 aromatic carbocycles. The number of hydrogen-bond donors (Lipinski definition) is 3. The van der Waals surface area contributed by atoms with E-state index in [2.05, 4.69) is 54.5 Å². The lowest BCUT2D eigenvalue weighted by molar-refractivity contribution is -0.246. The number of allylic oxidation sites excluding steroid dienone is 2. The lowest BCUT2D eigenvalue weighted by atomic mass is 9.35. The molecule has 3 N–H and O–H groups in total. The third-order valence-corrected chi connectivity index (χ3v) is 12.4. The maximum atomic E-state index is 11.8. The minimum Gasteiger partial charge on any atom is -0.393 e. The van der Waals surface area contributed by atoms with E-state index in [0.717, 1.165) is 44.9 Å². The Balaban J connectivity index is 1.66. The largest absolute Gasteiger partial charge is 0.393 e. The molecule has 33 heavy (non-hydrogen) atoms. The average molecular weight is 461 g/mol. The molecular weight excluding hydrogens is 408 g/mol. The van der Waals surface area contributed by atoms with Crippen molar-refractivity contribution in [3.05, 3.63) is 11.6 Å². The van der Waals surface area contributed by atoms with E-state index in [9.17, 15) is 15.3 Å². The molecule has 0 aromatic rings. The van der Waals surface area contributed by atoms with Crippen LogP contribution in [0, 0.1) is 45.3 Å². The van der Waals surface area contributed by atoms with Gasteiger partial charge in [-0.3, -0.25) is 0 Å². The Morgan fingerprint density at radius 3 is 2.18 bits per heavy atom. The highest BCUT2D eigenvalue weighted by molar-refractivity contribution is 5.20. The van der Waals surface area contributed by atoms with E-state index < -0.39 is 5.60 Å². The summed E-state index contributed by atoms with van der Waals surface area (Å²) >= 11 is 0. The maximum absolute atomic E-state index is 11.8. The van der Waals surface area contributed by atoms with E-state index in [1.165, 1.54) is 18.4 Å². The Kier molecular flexibility index (Phi) is 6.28. The highest BCUT2D eigenvalue weighted by atomic mass is 16.3. The zero-order valence-corrected chi connectivity index (χ0v) is 22.7. The predicted octanol–water partition coefficient (Wildman–Crippen LogP) is 6.50. The summed E-state index contributed by atoms with van der Waals surface area (Å²) in [6.07, 6.45) is 10.6. The monoisotopic (exact) mass is 460 g/mol. The molecule has 0 bridgehead atoms. The van der Waals surface area contributed by atoms with Crippen LogP contribution in [0.15, 0.2) is 11.6 Å². The summed E-state index contributed by atoms with van der Waals surface area (Å²) in [7, 11) is 0. The van der Waals surface area contributed by atoms with Crippen LogP contribution in [0.4, 0.5) is 0 Å². The second-order valence-electron chi connectivity index (χ2n) is 14.5. The minimum absolute atomic E-state index is 0.0503. The molecule has 10 atom stereocenters. The molecule has 3 heteroatoms. The van der Waals surface area contributed by atoms with Crippen LogP contribution in [-0.2, 0) is 0 Å². The Morgan fingerprint density at radius 1 is 0.909 bits per heavy atom. The van der Waals surface area contributed by atoms with Crippen molar-refractivity contribution in [1.29, 1.82) is 0 Å². The molecule has 4 aliphatic rings. The van der Waals surface area contributed by atoms with Crippen molar-refractivity contribution in [2.45, 2.75) is 131 Å². The Morgan fingerprint density at radius 2 is 1.55 bits per heavy atom. The van der Waals surface area contributed by atoms with Crippen molar-refractivity contribution < 1.29 is 15.3 Å². The van der Waals surface area contributed by atoms with Gasteiger partial charge in [-0.25, -0.2) is 0 Å². The number of fused-ring (bicyclic) bond motifs is 5. The standard InChI is InChI=1S/C30H52O3/c1-19(2)10-9-14-30(8,33)20-11-16-29(7)25(20)21(31)18-23-27(5)15-13-24(32)26(3,4)22(27)12-17-28(23,29)6/h10,20-25,31-33H,9,11-18H2,1-8H3/t20?,21?,22?,23?,24-,25?,27+,28-,29-,30?/m1/s1. The molecule has 0 heterocycles. The van der Waals surface area contributed by atoms with Crippen molar-refractivity contribution in [1.82, 2.24) is 0 Å². The zero-order valence-electron chi connectivity index (χ0n) is 22.7. The van der Waals surface area contributed by atoms with E-state index in [-0.39, 0.29) is 45.7 Å². The molecule has 4 saturated carbocycles. The van der Waals surface area contributed by atoms with Crippen LogP contribution < -0.4 is 0 Å². The highest BCUT2D eigenvalue weighted by Gasteiger charge is 2.71. The van der Waals surface area contributed by atoms with Crippen molar-refractivity contribution in [3.8, 4) is 0 Å². The van der Waals surface area contributed by atoms with Crippen molar-refractivity contribution >= 4 is 0 Å². The Bertz CT molecular complexity index is 779. The van der Waals surface area contributed by atoms with Gasteiger partial charge in [-0.15, -0.1) is 0 Å². The van der Waals surface area contributed by atoms with E-state index in [1.807, 2.05) is 6.92 Å². The number of hydrogen-bond acceptors (Lipinski definition) is 3. The van der Waals surface area contributed by atoms with Crippen LogP contribution >= 0.6 is 0 Å². The molecule has 4 rings (SSSR count). The summed E-state index contributed by atoms with van der Waals surface area (Å²) in [4.78, 5) is 0. The molecule has 0 spiro atoms. The molecule has 0 aliphatic heterocycles.